The molecular formula is C29H27FO6. The summed E-state index contributed by atoms with van der Waals surface area (Å²) in [6.45, 7) is 10.1. The van der Waals surface area contributed by atoms with Crippen molar-refractivity contribution in [1.82, 2.24) is 0 Å². The van der Waals surface area contributed by atoms with E-state index in [4.69, 9.17) is 14.2 Å². The van der Waals surface area contributed by atoms with Gasteiger partial charge in [-0.2, -0.15) is 0 Å². The number of rotatable bonds is 10. The number of hydrogen-bond acceptors (Lipinski definition) is 6. The SMILES string of the molecule is C=C(C)C(=O)OCCOC(O)c1ccc(-c2ccc(-c3ccc(OC(=O)C(=C)C)c(F)c3)cc2)cc1. The molecule has 0 fully saturated rings. The highest BCUT2D eigenvalue weighted by Gasteiger charge is 2.12. The molecule has 1 atom stereocenters. The highest BCUT2D eigenvalue weighted by atomic mass is 19.1. The Kier molecular flexibility index (Phi) is 8.89. The molecule has 0 spiro atoms. The zero-order chi connectivity index (χ0) is 26.2. The molecule has 0 aromatic heterocycles. The summed E-state index contributed by atoms with van der Waals surface area (Å²) < 4.78 is 29.6. The molecule has 1 unspecified atom stereocenters. The van der Waals surface area contributed by atoms with E-state index in [1.54, 1.807) is 25.1 Å². The fourth-order valence-electron chi connectivity index (χ4n) is 3.16. The number of hydrogen-bond donors (Lipinski definition) is 1. The quantitative estimate of drug-likeness (QED) is 0.128. The van der Waals surface area contributed by atoms with Gasteiger partial charge in [0.1, 0.15) is 6.61 Å². The highest BCUT2D eigenvalue weighted by Crippen LogP contribution is 2.29. The Morgan fingerprint density at radius 3 is 1.83 bits per heavy atom. The first kappa shape index (κ1) is 26.5. The lowest BCUT2D eigenvalue weighted by Gasteiger charge is -2.13. The number of aliphatic hydroxyl groups is 1. The first-order chi connectivity index (χ1) is 17.2. The summed E-state index contributed by atoms with van der Waals surface area (Å²) in [7, 11) is 0. The molecular weight excluding hydrogens is 463 g/mol. The molecule has 3 rings (SSSR count). The summed E-state index contributed by atoms with van der Waals surface area (Å²) in [4.78, 5) is 23.0. The summed E-state index contributed by atoms with van der Waals surface area (Å²) in [6, 6.07) is 19.1. The molecule has 3 aromatic carbocycles. The fourth-order valence-corrected chi connectivity index (χ4v) is 3.16. The largest absolute Gasteiger partial charge is 0.460 e. The van der Waals surface area contributed by atoms with Crippen LogP contribution < -0.4 is 4.74 Å². The maximum Gasteiger partial charge on any atom is 0.338 e. The van der Waals surface area contributed by atoms with E-state index in [-0.39, 0.29) is 24.5 Å². The molecule has 1 N–H and O–H groups in total. The molecule has 0 radical (unpaired) electrons. The number of esters is 2. The molecule has 3 aromatic rings. The van der Waals surface area contributed by atoms with Crippen molar-refractivity contribution in [3.05, 3.63) is 102 Å². The minimum Gasteiger partial charge on any atom is -0.460 e. The third-order valence-corrected chi connectivity index (χ3v) is 5.17. The van der Waals surface area contributed by atoms with Gasteiger partial charge in [0.25, 0.3) is 0 Å². The minimum absolute atomic E-state index is 0.0133. The van der Waals surface area contributed by atoms with Gasteiger partial charge >= 0.3 is 11.9 Å². The molecule has 0 bridgehead atoms. The third kappa shape index (κ3) is 6.97. The van der Waals surface area contributed by atoms with E-state index < -0.39 is 24.0 Å². The van der Waals surface area contributed by atoms with Crippen molar-refractivity contribution in [3.8, 4) is 28.0 Å². The van der Waals surface area contributed by atoms with E-state index >= 15 is 0 Å². The van der Waals surface area contributed by atoms with Gasteiger partial charge < -0.3 is 19.3 Å². The number of benzene rings is 3. The summed E-state index contributed by atoms with van der Waals surface area (Å²) in [5, 5.41) is 10.2. The minimum atomic E-state index is -1.16. The van der Waals surface area contributed by atoms with E-state index in [2.05, 4.69) is 13.2 Å². The van der Waals surface area contributed by atoms with Crippen LogP contribution in [0.1, 0.15) is 25.7 Å². The Labute approximate surface area is 209 Å². The zero-order valence-corrected chi connectivity index (χ0v) is 20.1. The summed E-state index contributed by atoms with van der Waals surface area (Å²) in [6.07, 6.45) is -1.16. The maximum atomic E-state index is 14.4. The Morgan fingerprint density at radius 1 is 0.806 bits per heavy atom. The Morgan fingerprint density at radius 2 is 1.31 bits per heavy atom. The molecule has 0 aliphatic heterocycles. The van der Waals surface area contributed by atoms with Crippen molar-refractivity contribution in [2.75, 3.05) is 13.2 Å². The molecule has 0 aliphatic carbocycles. The van der Waals surface area contributed by atoms with Crippen LogP contribution in [0.15, 0.2) is 91.0 Å². The lowest BCUT2D eigenvalue weighted by molar-refractivity contribution is -0.147. The van der Waals surface area contributed by atoms with Crippen LogP contribution in [0.4, 0.5) is 4.39 Å². The normalized spacial score (nSPS) is 11.4. The van der Waals surface area contributed by atoms with Crippen LogP contribution in [-0.2, 0) is 19.1 Å². The Bertz CT molecular complexity index is 1260. The fraction of sp³-hybridized carbons (Fsp3) is 0.172. The van der Waals surface area contributed by atoms with Crippen LogP contribution in [0.2, 0.25) is 0 Å². The maximum absolute atomic E-state index is 14.4. The van der Waals surface area contributed by atoms with E-state index in [0.717, 1.165) is 16.7 Å². The second-order valence-electron chi connectivity index (χ2n) is 8.15. The number of aliphatic hydroxyl groups excluding tert-OH is 1. The molecule has 6 nitrogen and oxygen atoms in total. The Balaban J connectivity index is 1.61. The molecule has 7 heteroatoms. The van der Waals surface area contributed by atoms with Gasteiger partial charge in [-0.05, 0) is 48.2 Å². The lowest BCUT2D eigenvalue weighted by atomic mass is 9.99. The van der Waals surface area contributed by atoms with Crippen LogP contribution in [-0.4, -0.2) is 30.3 Å². The van der Waals surface area contributed by atoms with Crippen molar-refractivity contribution < 1.29 is 33.3 Å². The highest BCUT2D eigenvalue weighted by molar-refractivity contribution is 5.89. The first-order valence-electron chi connectivity index (χ1n) is 11.2. The van der Waals surface area contributed by atoms with Crippen molar-refractivity contribution in [3.63, 3.8) is 0 Å². The van der Waals surface area contributed by atoms with E-state index in [0.29, 0.717) is 16.7 Å². The molecule has 0 saturated heterocycles. The third-order valence-electron chi connectivity index (χ3n) is 5.17. The zero-order valence-electron chi connectivity index (χ0n) is 20.1. The smallest absolute Gasteiger partial charge is 0.338 e. The average Bonchev–Trinajstić information content (AvgIpc) is 2.87. The molecule has 0 aliphatic rings. The van der Waals surface area contributed by atoms with Gasteiger partial charge in [-0.3, -0.25) is 0 Å². The number of carbonyl (C=O) groups excluding carboxylic acids is 2. The summed E-state index contributed by atoms with van der Waals surface area (Å²) in [5.41, 5.74) is 4.32. The summed E-state index contributed by atoms with van der Waals surface area (Å²) in [5.74, 6) is -1.98. The Hall–Kier alpha value is -4.07. The van der Waals surface area contributed by atoms with Crippen LogP contribution in [0, 0.1) is 5.82 Å². The second kappa shape index (κ2) is 12.1. The van der Waals surface area contributed by atoms with Gasteiger partial charge in [-0.15, -0.1) is 0 Å². The molecule has 0 saturated carbocycles. The lowest BCUT2D eigenvalue weighted by Crippen LogP contribution is -2.13. The van der Waals surface area contributed by atoms with Gasteiger partial charge in [-0.1, -0.05) is 67.8 Å². The molecule has 186 valence electrons. The van der Waals surface area contributed by atoms with E-state index in [9.17, 15) is 19.1 Å². The number of ether oxygens (including phenoxy) is 3. The van der Waals surface area contributed by atoms with Gasteiger partial charge in [-0.25, -0.2) is 14.0 Å². The van der Waals surface area contributed by atoms with Crippen molar-refractivity contribution in [2.45, 2.75) is 20.1 Å². The van der Waals surface area contributed by atoms with E-state index in [1.165, 1.54) is 19.1 Å². The second-order valence-corrected chi connectivity index (χ2v) is 8.15. The first-order valence-corrected chi connectivity index (χ1v) is 11.2. The molecule has 0 amide bonds. The van der Waals surface area contributed by atoms with Gasteiger partial charge in [0.2, 0.25) is 0 Å². The van der Waals surface area contributed by atoms with Crippen LogP contribution in [0.3, 0.4) is 0 Å². The summed E-state index contributed by atoms with van der Waals surface area (Å²) >= 11 is 0. The van der Waals surface area contributed by atoms with Gasteiger partial charge in [0.05, 0.1) is 6.61 Å². The molecule has 36 heavy (non-hydrogen) atoms. The number of carbonyl (C=O) groups is 2. The monoisotopic (exact) mass is 490 g/mol. The van der Waals surface area contributed by atoms with Gasteiger partial charge in [0, 0.05) is 16.7 Å². The van der Waals surface area contributed by atoms with Crippen LogP contribution in [0.25, 0.3) is 22.3 Å². The number of halogens is 1. The van der Waals surface area contributed by atoms with E-state index in [1.807, 2.05) is 36.4 Å². The topological polar surface area (TPSA) is 82.1 Å². The van der Waals surface area contributed by atoms with Crippen LogP contribution >= 0.6 is 0 Å². The predicted octanol–water partition coefficient (Wildman–Crippen LogP) is 5.77. The standard InChI is InChI=1S/C29H27FO6/c1-18(2)27(31)34-15-16-35-29(33)23-11-9-21(10-12-23)20-5-7-22(8-6-20)24-13-14-26(25(30)17-24)36-28(32)19(3)4/h5-14,17,29,33H,1,3,15-16H2,2,4H3. The van der Waals surface area contributed by atoms with Crippen molar-refractivity contribution in [1.29, 1.82) is 0 Å². The van der Waals surface area contributed by atoms with Crippen molar-refractivity contribution in [2.24, 2.45) is 0 Å². The molecule has 0 heterocycles. The van der Waals surface area contributed by atoms with Gasteiger partial charge in [0.15, 0.2) is 17.9 Å². The predicted molar refractivity (Wildman–Crippen MR) is 134 cm³/mol. The van der Waals surface area contributed by atoms with Crippen molar-refractivity contribution >= 4 is 11.9 Å². The average molecular weight is 491 g/mol. The van der Waals surface area contributed by atoms with Crippen LogP contribution in [0.5, 0.6) is 5.75 Å².